The minimum Gasteiger partial charge on any atom is -0.490 e. The summed E-state index contributed by atoms with van der Waals surface area (Å²) in [5, 5.41) is 2.93. The molecule has 7 heteroatoms. The van der Waals surface area contributed by atoms with Crippen LogP contribution >= 0.6 is 0 Å². The zero-order chi connectivity index (χ0) is 20.6. The molecule has 1 saturated heterocycles. The van der Waals surface area contributed by atoms with Gasteiger partial charge in [0.2, 0.25) is 5.91 Å². The van der Waals surface area contributed by atoms with E-state index in [2.05, 4.69) is 10.2 Å². The number of ether oxygens (including phenoxy) is 2. The van der Waals surface area contributed by atoms with Crippen molar-refractivity contribution in [2.24, 2.45) is 11.7 Å². The van der Waals surface area contributed by atoms with Gasteiger partial charge in [0.1, 0.15) is 0 Å². The van der Waals surface area contributed by atoms with Gasteiger partial charge in [-0.05, 0) is 44.0 Å². The van der Waals surface area contributed by atoms with Gasteiger partial charge in [-0.15, -0.1) is 0 Å². The minimum absolute atomic E-state index is 0.0770. The van der Waals surface area contributed by atoms with Gasteiger partial charge in [0, 0.05) is 19.0 Å². The summed E-state index contributed by atoms with van der Waals surface area (Å²) < 4.78 is 11.2. The minimum atomic E-state index is -0.254. The van der Waals surface area contributed by atoms with Crippen molar-refractivity contribution in [3.05, 3.63) is 48.5 Å². The molecule has 2 aromatic carbocycles. The third kappa shape index (κ3) is 5.40. The van der Waals surface area contributed by atoms with E-state index < -0.39 is 0 Å². The maximum absolute atomic E-state index is 12.5. The third-order valence-corrected chi connectivity index (χ3v) is 4.92. The Labute approximate surface area is 170 Å². The van der Waals surface area contributed by atoms with Crippen molar-refractivity contribution in [1.29, 1.82) is 0 Å². The molecular weight excluding hydrogens is 370 g/mol. The number of nitrogens with one attached hydrogen (secondary N) is 1. The lowest BCUT2D eigenvalue weighted by atomic mass is 9.96. The number of carbonyl (C=O) groups is 2. The van der Waals surface area contributed by atoms with Gasteiger partial charge in [0.15, 0.2) is 18.1 Å². The van der Waals surface area contributed by atoms with Crippen molar-refractivity contribution in [3.63, 3.8) is 0 Å². The number of hydrogen-bond acceptors (Lipinski definition) is 5. The molecule has 1 aliphatic rings. The molecule has 0 aromatic heterocycles. The Morgan fingerprint density at radius 3 is 2.31 bits per heavy atom. The highest BCUT2D eigenvalue weighted by molar-refractivity contribution is 5.95. The van der Waals surface area contributed by atoms with Gasteiger partial charge in [-0.1, -0.05) is 24.3 Å². The van der Waals surface area contributed by atoms with Crippen molar-refractivity contribution in [2.75, 3.05) is 36.5 Å². The quantitative estimate of drug-likeness (QED) is 0.714. The Balaban J connectivity index is 1.61. The Hall–Kier alpha value is -3.22. The molecule has 3 N–H and O–H groups in total. The smallest absolute Gasteiger partial charge is 0.262 e. The molecular formula is C22H27N3O4. The fourth-order valence-electron chi connectivity index (χ4n) is 3.43. The molecule has 0 aliphatic carbocycles. The normalized spacial score (nSPS) is 14.3. The highest BCUT2D eigenvalue weighted by atomic mass is 16.5. The van der Waals surface area contributed by atoms with Crippen molar-refractivity contribution >= 4 is 23.2 Å². The largest absolute Gasteiger partial charge is 0.490 e. The summed E-state index contributed by atoms with van der Waals surface area (Å²) in [5.41, 5.74) is 7.07. The van der Waals surface area contributed by atoms with E-state index in [-0.39, 0.29) is 24.3 Å². The molecule has 29 heavy (non-hydrogen) atoms. The average molecular weight is 397 g/mol. The predicted molar refractivity (Wildman–Crippen MR) is 112 cm³/mol. The molecule has 0 saturated carbocycles. The maximum atomic E-state index is 12.5. The van der Waals surface area contributed by atoms with Gasteiger partial charge in [0.05, 0.1) is 18.0 Å². The first-order chi connectivity index (χ1) is 14.1. The number of piperidine rings is 1. The lowest BCUT2D eigenvalue weighted by Gasteiger charge is -2.33. The van der Waals surface area contributed by atoms with Crippen molar-refractivity contribution < 1.29 is 19.1 Å². The van der Waals surface area contributed by atoms with Gasteiger partial charge in [-0.3, -0.25) is 9.59 Å². The molecule has 0 radical (unpaired) electrons. The van der Waals surface area contributed by atoms with E-state index in [1.165, 1.54) is 0 Å². The van der Waals surface area contributed by atoms with Crippen LogP contribution in [0.4, 0.5) is 11.4 Å². The molecule has 1 fully saturated rings. The number of nitrogens with zero attached hydrogens (tertiary/aromatic N) is 1. The zero-order valence-corrected chi connectivity index (χ0v) is 16.6. The maximum Gasteiger partial charge on any atom is 0.262 e. The van der Waals surface area contributed by atoms with Crippen LogP contribution in [0.15, 0.2) is 48.5 Å². The Kier molecular flexibility index (Phi) is 6.94. The SMILES string of the molecule is CCOc1ccccc1OCC(=O)Nc1ccccc1N1CCC(C(N)=O)CC1. The molecule has 7 nitrogen and oxygen atoms in total. The summed E-state index contributed by atoms with van der Waals surface area (Å²) >= 11 is 0. The molecule has 1 aliphatic heterocycles. The Bertz CT molecular complexity index is 847. The molecule has 0 unspecified atom stereocenters. The van der Waals surface area contributed by atoms with E-state index in [1.54, 1.807) is 6.07 Å². The molecule has 154 valence electrons. The number of nitrogens with two attached hydrogens (primary N) is 1. The van der Waals surface area contributed by atoms with E-state index in [4.69, 9.17) is 15.2 Å². The second-order valence-electron chi connectivity index (χ2n) is 6.90. The monoisotopic (exact) mass is 397 g/mol. The second-order valence-corrected chi connectivity index (χ2v) is 6.90. The van der Waals surface area contributed by atoms with Crippen LogP contribution in [0.1, 0.15) is 19.8 Å². The number of rotatable bonds is 8. The number of para-hydroxylation sites is 4. The van der Waals surface area contributed by atoms with Crippen molar-refractivity contribution in [3.8, 4) is 11.5 Å². The summed E-state index contributed by atoms with van der Waals surface area (Å²) in [5.74, 6) is 0.574. The summed E-state index contributed by atoms with van der Waals surface area (Å²) in [4.78, 5) is 26.0. The predicted octanol–water partition coefficient (Wildman–Crippen LogP) is 2.80. The van der Waals surface area contributed by atoms with Crippen LogP contribution in [-0.4, -0.2) is 38.1 Å². The van der Waals surface area contributed by atoms with Gasteiger partial charge >= 0.3 is 0 Å². The molecule has 0 bridgehead atoms. The topological polar surface area (TPSA) is 93.9 Å². The molecule has 2 amide bonds. The number of hydrogen-bond donors (Lipinski definition) is 2. The van der Waals surface area contributed by atoms with Gasteiger partial charge in [0.25, 0.3) is 5.91 Å². The number of anilines is 2. The Morgan fingerprint density at radius 2 is 1.66 bits per heavy atom. The molecule has 3 rings (SSSR count). The molecule has 0 spiro atoms. The first kappa shape index (κ1) is 20.5. The van der Waals surface area contributed by atoms with Gasteiger partial charge < -0.3 is 25.4 Å². The number of carbonyl (C=O) groups excluding carboxylic acids is 2. The van der Waals surface area contributed by atoms with Crippen LogP contribution in [0, 0.1) is 5.92 Å². The van der Waals surface area contributed by atoms with E-state index in [9.17, 15) is 9.59 Å². The highest BCUT2D eigenvalue weighted by Crippen LogP contribution is 2.30. The van der Waals surface area contributed by atoms with Gasteiger partial charge in [-0.25, -0.2) is 0 Å². The van der Waals surface area contributed by atoms with E-state index in [1.807, 2.05) is 49.4 Å². The second kappa shape index (κ2) is 9.82. The first-order valence-corrected chi connectivity index (χ1v) is 9.86. The average Bonchev–Trinajstić information content (AvgIpc) is 2.74. The van der Waals surface area contributed by atoms with Crippen LogP contribution in [0.5, 0.6) is 11.5 Å². The number of benzene rings is 2. The van der Waals surface area contributed by atoms with Crippen molar-refractivity contribution in [2.45, 2.75) is 19.8 Å². The van der Waals surface area contributed by atoms with E-state index in [0.29, 0.717) is 18.1 Å². The lowest BCUT2D eigenvalue weighted by molar-refractivity contribution is -0.122. The third-order valence-electron chi connectivity index (χ3n) is 4.92. The fourth-order valence-corrected chi connectivity index (χ4v) is 3.43. The van der Waals surface area contributed by atoms with Crippen LogP contribution in [0.25, 0.3) is 0 Å². The Morgan fingerprint density at radius 1 is 1.03 bits per heavy atom. The number of primary amides is 1. The summed E-state index contributed by atoms with van der Waals surface area (Å²) in [6, 6.07) is 14.9. The summed E-state index contributed by atoms with van der Waals surface area (Å²) in [7, 11) is 0. The zero-order valence-electron chi connectivity index (χ0n) is 16.6. The molecule has 1 heterocycles. The first-order valence-electron chi connectivity index (χ1n) is 9.86. The standard InChI is InChI=1S/C22H27N3O4/c1-2-28-19-9-5-6-10-20(19)29-15-21(26)24-17-7-3-4-8-18(17)25-13-11-16(12-14-25)22(23)27/h3-10,16H,2,11-15H2,1H3,(H2,23,27)(H,24,26). The molecule has 0 atom stereocenters. The van der Waals surface area contributed by atoms with E-state index >= 15 is 0 Å². The number of amides is 2. The van der Waals surface area contributed by atoms with Crippen LogP contribution < -0.4 is 25.4 Å². The van der Waals surface area contributed by atoms with Crippen LogP contribution in [-0.2, 0) is 9.59 Å². The van der Waals surface area contributed by atoms with E-state index in [0.717, 1.165) is 37.3 Å². The lowest BCUT2D eigenvalue weighted by Crippen LogP contribution is -2.39. The molecule has 2 aromatic rings. The summed E-state index contributed by atoms with van der Waals surface area (Å²) in [6.45, 7) is 3.73. The van der Waals surface area contributed by atoms with Crippen LogP contribution in [0.3, 0.4) is 0 Å². The fraction of sp³-hybridized carbons (Fsp3) is 0.364. The van der Waals surface area contributed by atoms with Crippen molar-refractivity contribution in [1.82, 2.24) is 0 Å². The highest BCUT2D eigenvalue weighted by Gasteiger charge is 2.24. The summed E-state index contributed by atoms with van der Waals surface area (Å²) in [6.07, 6.45) is 1.43. The van der Waals surface area contributed by atoms with Gasteiger partial charge in [-0.2, -0.15) is 0 Å². The van der Waals surface area contributed by atoms with Crippen LogP contribution in [0.2, 0.25) is 0 Å².